The van der Waals surface area contributed by atoms with Crippen molar-refractivity contribution in [1.82, 2.24) is 24.3 Å². The lowest BCUT2D eigenvalue weighted by Crippen LogP contribution is -2.48. The molecule has 0 saturated carbocycles. The summed E-state index contributed by atoms with van der Waals surface area (Å²) >= 11 is 0. The van der Waals surface area contributed by atoms with Crippen LogP contribution in [0.5, 0.6) is 0 Å². The van der Waals surface area contributed by atoms with E-state index in [1.165, 1.54) is 6.08 Å². The fraction of sp³-hybridized carbons (Fsp3) is 0.192. The summed E-state index contributed by atoms with van der Waals surface area (Å²) in [6.07, 6.45) is 14.7. The SMILES string of the molecule is C#Cc1cnn2cc(-c3cnn(C)c3)cc(-c3ccc(N4CCN(C(=O)C=C)CC4)cc3)c12. The molecule has 7 nitrogen and oxygen atoms in total. The third-order valence-corrected chi connectivity index (χ3v) is 6.11. The van der Waals surface area contributed by atoms with Gasteiger partial charge >= 0.3 is 0 Å². The molecule has 0 radical (unpaired) electrons. The van der Waals surface area contributed by atoms with Crippen molar-refractivity contribution in [2.45, 2.75) is 0 Å². The van der Waals surface area contributed by atoms with E-state index in [1.807, 2.05) is 35.1 Å². The Bertz CT molecular complexity index is 1380. The molecule has 33 heavy (non-hydrogen) atoms. The van der Waals surface area contributed by atoms with E-state index < -0.39 is 0 Å². The first-order valence-electron chi connectivity index (χ1n) is 10.8. The number of fused-ring (bicyclic) bond motifs is 1. The lowest BCUT2D eigenvalue weighted by molar-refractivity contribution is -0.126. The highest BCUT2D eigenvalue weighted by Gasteiger charge is 2.20. The highest BCUT2D eigenvalue weighted by molar-refractivity contribution is 5.88. The van der Waals surface area contributed by atoms with Gasteiger partial charge in [-0.25, -0.2) is 4.52 Å². The van der Waals surface area contributed by atoms with E-state index in [0.29, 0.717) is 13.1 Å². The number of anilines is 1. The number of rotatable bonds is 4. The molecule has 0 spiro atoms. The second-order valence-corrected chi connectivity index (χ2v) is 8.10. The van der Waals surface area contributed by atoms with Crippen LogP contribution in [0.25, 0.3) is 27.8 Å². The van der Waals surface area contributed by atoms with Crippen molar-refractivity contribution >= 4 is 17.1 Å². The summed E-state index contributed by atoms with van der Waals surface area (Å²) in [7, 11) is 1.90. The molecular formula is C26H24N6O. The molecule has 1 fully saturated rings. The van der Waals surface area contributed by atoms with Gasteiger partial charge in [-0.3, -0.25) is 9.48 Å². The van der Waals surface area contributed by atoms with E-state index in [-0.39, 0.29) is 5.91 Å². The summed E-state index contributed by atoms with van der Waals surface area (Å²) in [6, 6.07) is 10.6. The van der Waals surface area contributed by atoms with Crippen LogP contribution in [0.3, 0.4) is 0 Å². The van der Waals surface area contributed by atoms with Crippen LogP contribution in [-0.2, 0) is 11.8 Å². The number of benzene rings is 1. The Morgan fingerprint density at radius 1 is 1.03 bits per heavy atom. The number of pyridine rings is 1. The number of carbonyl (C=O) groups is 1. The number of nitrogens with zero attached hydrogens (tertiary/aromatic N) is 6. The second-order valence-electron chi connectivity index (χ2n) is 8.10. The van der Waals surface area contributed by atoms with Gasteiger partial charge in [0.1, 0.15) is 0 Å². The molecule has 0 aliphatic carbocycles. The highest BCUT2D eigenvalue weighted by atomic mass is 16.2. The maximum Gasteiger partial charge on any atom is 0.246 e. The molecule has 0 bridgehead atoms. The molecular weight excluding hydrogens is 412 g/mol. The number of carbonyl (C=O) groups excluding carboxylic acids is 1. The first kappa shape index (κ1) is 20.6. The molecule has 1 amide bonds. The van der Waals surface area contributed by atoms with Crippen LogP contribution in [0.1, 0.15) is 5.56 Å². The minimum absolute atomic E-state index is 0.00682. The maximum absolute atomic E-state index is 11.8. The summed E-state index contributed by atoms with van der Waals surface area (Å²) in [5.74, 6) is 2.75. The Morgan fingerprint density at radius 2 is 1.79 bits per heavy atom. The van der Waals surface area contributed by atoms with Crippen molar-refractivity contribution < 1.29 is 4.79 Å². The van der Waals surface area contributed by atoms with Crippen LogP contribution >= 0.6 is 0 Å². The molecule has 4 aromatic rings. The van der Waals surface area contributed by atoms with Gasteiger partial charge < -0.3 is 9.80 Å². The number of aryl methyl sites for hydroxylation is 1. The third kappa shape index (κ3) is 3.76. The van der Waals surface area contributed by atoms with E-state index in [9.17, 15) is 4.79 Å². The third-order valence-electron chi connectivity index (χ3n) is 6.11. The number of hydrogen-bond acceptors (Lipinski definition) is 4. The Kier molecular flexibility index (Phi) is 5.19. The van der Waals surface area contributed by atoms with Gasteiger partial charge in [0.05, 0.1) is 23.5 Å². The average molecular weight is 437 g/mol. The van der Waals surface area contributed by atoms with E-state index >= 15 is 0 Å². The Morgan fingerprint density at radius 3 is 2.42 bits per heavy atom. The van der Waals surface area contributed by atoms with Gasteiger partial charge in [0.25, 0.3) is 0 Å². The van der Waals surface area contributed by atoms with Gasteiger partial charge in [-0.15, -0.1) is 6.42 Å². The van der Waals surface area contributed by atoms with Crippen molar-refractivity contribution in [3.05, 3.63) is 73.3 Å². The van der Waals surface area contributed by atoms with Gasteiger partial charge in [-0.05, 0) is 29.8 Å². The van der Waals surface area contributed by atoms with Gasteiger partial charge in [-0.2, -0.15) is 10.2 Å². The van der Waals surface area contributed by atoms with Crippen LogP contribution in [0.15, 0.2) is 67.8 Å². The average Bonchev–Trinajstić information content (AvgIpc) is 3.49. The standard InChI is InChI=1S/C26H24N6O/c1-4-19-15-28-32-18-21(22-16-27-29(3)17-22)14-24(26(19)32)20-6-8-23(9-7-20)30-10-12-31(13-11-30)25(33)5-2/h1,5-9,14-18H,2,10-13H2,3H3. The van der Waals surface area contributed by atoms with E-state index in [0.717, 1.165) is 52.1 Å². The summed E-state index contributed by atoms with van der Waals surface area (Å²) in [5.41, 5.74) is 6.92. The minimum atomic E-state index is -0.00682. The number of aromatic nitrogens is 4. The normalized spacial score (nSPS) is 13.8. The van der Waals surface area contributed by atoms with Crippen LogP contribution < -0.4 is 4.90 Å². The quantitative estimate of drug-likeness (QED) is 0.364. The Labute approximate surface area is 192 Å². The molecule has 7 heteroatoms. The molecule has 0 N–H and O–H groups in total. The van der Waals surface area contributed by atoms with Crippen LogP contribution in [0, 0.1) is 12.3 Å². The lowest BCUT2D eigenvalue weighted by Gasteiger charge is -2.35. The molecule has 1 aliphatic rings. The highest BCUT2D eigenvalue weighted by Crippen LogP contribution is 2.33. The molecule has 1 aromatic carbocycles. The van der Waals surface area contributed by atoms with Gasteiger partial charge in [0.2, 0.25) is 5.91 Å². The number of piperazine rings is 1. The fourth-order valence-corrected chi connectivity index (χ4v) is 4.34. The fourth-order valence-electron chi connectivity index (χ4n) is 4.34. The predicted molar refractivity (Wildman–Crippen MR) is 130 cm³/mol. The van der Waals surface area contributed by atoms with E-state index in [2.05, 4.69) is 57.9 Å². The van der Waals surface area contributed by atoms with Crippen molar-refractivity contribution in [2.24, 2.45) is 7.05 Å². The summed E-state index contributed by atoms with van der Waals surface area (Å²) < 4.78 is 3.63. The molecule has 164 valence electrons. The number of terminal acetylenes is 1. The minimum Gasteiger partial charge on any atom is -0.368 e. The molecule has 0 unspecified atom stereocenters. The molecule has 1 aliphatic heterocycles. The van der Waals surface area contributed by atoms with E-state index in [1.54, 1.807) is 10.9 Å². The van der Waals surface area contributed by atoms with E-state index in [4.69, 9.17) is 6.42 Å². The summed E-state index contributed by atoms with van der Waals surface area (Å²) in [5, 5.41) is 8.79. The first-order chi connectivity index (χ1) is 16.1. The monoisotopic (exact) mass is 436 g/mol. The first-order valence-corrected chi connectivity index (χ1v) is 10.8. The lowest BCUT2D eigenvalue weighted by atomic mass is 9.99. The van der Waals surface area contributed by atoms with Crippen molar-refractivity contribution in [3.63, 3.8) is 0 Å². The van der Waals surface area contributed by atoms with Gasteiger partial charge in [0.15, 0.2) is 0 Å². The molecule has 3 aromatic heterocycles. The topological polar surface area (TPSA) is 58.7 Å². The largest absolute Gasteiger partial charge is 0.368 e. The zero-order valence-electron chi connectivity index (χ0n) is 18.5. The maximum atomic E-state index is 11.8. The predicted octanol–water partition coefficient (Wildman–Crippen LogP) is 3.22. The zero-order chi connectivity index (χ0) is 22.9. The van der Waals surface area contributed by atoms with Crippen LogP contribution in [0.4, 0.5) is 5.69 Å². The van der Waals surface area contributed by atoms with Crippen LogP contribution in [0.2, 0.25) is 0 Å². The Balaban J connectivity index is 1.49. The zero-order valence-corrected chi connectivity index (χ0v) is 18.5. The van der Waals surface area contributed by atoms with Gasteiger partial charge in [0, 0.05) is 68.0 Å². The van der Waals surface area contributed by atoms with Crippen LogP contribution in [-0.4, -0.2) is 56.4 Å². The van der Waals surface area contributed by atoms with Crippen molar-refractivity contribution in [2.75, 3.05) is 31.1 Å². The molecule has 0 atom stereocenters. The summed E-state index contributed by atoms with van der Waals surface area (Å²) in [6.45, 7) is 6.56. The van der Waals surface area contributed by atoms with Crippen molar-refractivity contribution in [3.8, 4) is 34.6 Å². The van der Waals surface area contributed by atoms with Gasteiger partial charge in [-0.1, -0.05) is 24.6 Å². The molecule has 5 rings (SSSR count). The summed E-state index contributed by atoms with van der Waals surface area (Å²) in [4.78, 5) is 16.0. The Hall–Kier alpha value is -4.31. The molecule has 4 heterocycles. The van der Waals surface area contributed by atoms with Crippen molar-refractivity contribution in [1.29, 1.82) is 0 Å². The number of amides is 1. The smallest absolute Gasteiger partial charge is 0.246 e. The molecule has 1 saturated heterocycles. The number of hydrogen-bond donors (Lipinski definition) is 0. The second kappa shape index (κ2) is 8.32.